The summed E-state index contributed by atoms with van der Waals surface area (Å²) in [4.78, 5) is 37.9. The molecule has 0 spiro atoms. The molecule has 0 unspecified atom stereocenters. The molecule has 0 saturated carbocycles. The highest BCUT2D eigenvalue weighted by Gasteiger charge is 2.17. The molecule has 10 nitrogen and oxygen atoms in total. The Hall–Kier alpha value is -2.95. The normalized spacial score (nSPS) is 15.0. The van der Waals surface area contributed by atoms with E-state index in [1.165, 1.54) is 6.21 Å². The molecular weight excluding hydrogens is 332 g/mol. The molecule has 6 N–H and O–H groups in total. The Morgan fingerprint density at radius 3 is 2.20 bits per heavy atom. The SMILES string of the molecule is N[C@@H](CC1=NC(=O)N=C1)C(=O)O.O=C(O)[C@H](Cc1ccccc1)NO. The Balaban J connectivity index is 0.000000251. The van der Waals surface area contributed by atoms with Crippen molar-refractivity contribution in [2.75, 3.05) is 0 Å². The Bertz CT molecular complexity index is 674. The highest BCUT2D eigenvalue weighted by atomic mass is 16.5. The van der Waals surface area contributed by atoms with Crippen LogP contribution in [0.4, 0.5) is 4.79 Å². The number of hydrogen-bond acceptors (Lipinski definition) is 6. The molecule has 1 aliphatic rings. The summed E-state index contributed by atoms with van der Waals surface area (Å²) >= 11 is 0. The van der Waals surface area contributed by atoms with Crippen molar-refractivity contribution in [3.63, 3.8) is 0 Å². The molecule has 0 radical (unpaired) electrons. The summed E-state index contributed by atoms with van der Waals surface area (Å²) in [6.45, 7) is 0. The topological polar surface area (TPSA) is 175 Å². The summed E-state index contributed by atoms with van der Waals surface area (Å²) in [6, 6.07) is 6.55. The van der Waals surface area contributed by atoms with Crippen LogP contribution in [0.15, 0.2) is 40.3 Å². The van der Waals surface area contributed by atoms with Gasteiger partial charge in [-0.2, -0.15) is 15.5 Å². The maximum absolute atomic E-state index is 10.5. The van der Waals surface area contributed by atoms with Crippen LogP contribution in [0.3, 0.4) is 0 Å². The summed E-state index contributed by atoms with van der Waals surface area (Å²) in [5.41, 5.74) is 8.13. The van der Waals surface area contributed by atoms with E-state index in [0.717, 1.165) is 5.56 Å². The Morgan fingerprint density at radius 2 is 1.76 bits per heavy atom. The molecule has 1 aromatic rings. The molecule has 0 fully saturated rings. The number of benzene rings is 1. The third-order valence-electron chi connectivity index (χ3n) is 3.05. The van der Waals surface area contributed by atoms with E-state index in [2.05, 4.69) is 9.98 Å². The molecule has 1 aliphatic heterocycles. The number of carbonyl (C=O) groups is 3. The fraction of sp³-hybridized carbons (Fsp3) is 0.267. The first-order valence-electron chi connectivity index (χ1n) is 7.13. The van der Waals surface area contributed by atoms with E-state index in [4.69, 9.17) is 21.2 Å². The quantitative estimate of drug-likeness (QED) is 0.430. The molecule has 2 rings (SSSR count). The van der Waals surface area contributed by atoms with Gasteiger partial charge in [-0.3, -0.25) is 9.59 Å². The number of aliphatic imine (C=N–C) groups is 2. The van der Waals surface area contributed by atoms with Crippen molar-refractivity contribution in [2.24, 2.45) is 15.7 Å². The number of aliphatic carboxylic acids is 2. The molecular formula is C15H18N4O6. The van der Waals surface area contributed by atoms with Crippen molar-refractivity contribution in [3.05, 3.63) is 35.9 Å². The van der Waals surface area contributed by atoms with Gasteiger partial charge in [0.15, 0.2) is 0 Å². The number of nitrogens with two attached hydrogens (primary N) is 1. The highest BCUT2D eigenvalue weighted by Crippen LogP contribution is 2.02. The van der Waals surface area contributed by atoms with Gasteiger partial charge < -0.3 is 21.2 Å². The Morgan fingerprint density at radius 1 is 1.12 bits per heavy atom. The number of amides is 2. The van der Waals surface area contributed by atoms with Gasteiger partial charge in [0.1, 0.15) is 12.1 Å². The fourth-order valence-electron chi connectivity index (χ4n) is 1.76. The lowest BCUT2D eigenvalue weighted by molar-refractivity contribution is -0.142. The van der Waals surface area contributed by atoms with Gasteiger partial charge in [0.05, 0.1) is 11.9 Å². The number of nitrogens with one attached hydrogen (secondary N) is 1. The first-order valence-corrected chi connectivity index (χ1v) is 7.13. The van der Waals surface area contributed by atoms with Gasteiger partial charge in [0, 0.05) is 12.8 Å². The van der Waals surface area contributed by atoms with E-state index in [1.54, 1.807) is 5.48 Å². The summed E-state index contributed by atoms with van der Waals surface area (Å²) in [7, 11) is 0. The number of nitrogens with zero attached hydrogens (tertiary/aromatic N) is 2. The highest BCUT2D eigenvalue weighted by molar-refractivity contribution is 6.37. The van der Waals surface area contributed by atoms with Gasteiger partial charge in [-0.05, 0) is 5.56 Å². The van der Waals surface area contributed by atoms with Crippen molar-refractivity contribution in [3.8, 4) is 0 Å². The number of carbonyl (C=O) groups excluding carboxylic acids is 1. The number of hydrogen-bond donors (Lipinski definition) is 5. The van der Waals surface area contributed by atoms with Crippen LogP contribution >= 0.6 is 0 Å². The maximum Gasteiger partial charge on any atom is 0.367 e. The van der Waals surface area contributed by atoms with Gasteiger partial charge in [-0.25, -0.2) is 4.79 Å². The van der Waals surface area contributed by atoms with Crippen LogP contribution in [0.1, 0.15) is 12.0 Å². The first-order chi connectivity index (χ1) is 11.8. The molecule has 10 heteroatoms. The van der Waals surface area contributed by atoms with E-state index in [1.807, 2.05) is 30.3 Å². The van der Waals surface area contributed by atoms with E-state index >= 15 is 0 Å². The molecule has 0 bridgehead atoms. The lowest BCUT2D eigenvalue weighted by Gasteiger charge is -2.09. The molecule has 134 valence electrons. The zero-order valence-electron chi connectivity index (χ0n) is 13.1. The van der Waals surface area contributed by atoms with Crippen LogP contribution in [0.25, 0.3) is 0 Å². The van der Waals surface area contributed by atoms with Crippen LogP contribution in [-0.4, -0.2) is 57.4 Å². The third-order valence-corrected chi connectivity index (χ3v) is 3.05. The van der Waals surface area contributed by atoms with Crippen molar-refractivity contribution >= 4 is 29.9 Å². The number of carboxylic acid groups (broad SMARTS) is 2. The molecule has 1 aromatic carbocycles. The summed E-state index contributed by atoms with van der Waals surface area (Å²) < 4.78 is 0. The Labute approximate surface area is 142 Å². The van der Waals surface area contributed by atoms with Gasteiger partial charge >= 0.3 is 18.0 Å². The summed E-state index contributed by atoms with van der Waals surface area (Å²) in [5, 5.41) is 25.5. The van der Waals surface area contributed by atoms with E-state index < -0.39 is 30.1 Å². The van der Waals surface area contributed by atoms with Crippen LogP contribution < -0.4 is 11.2 Å². The second-order valence-corrected chi connectivity index (χ2v) is 5.00. The number of carboxylic acids is 2. The molecule has 2 amide bonds. The van der Waals surface area contributed by atoms with Crippen molar-refractivity contribution in [1.82, 2.24) is 5.48 Å². The molecule has 2 atom stereocenters. The zero-order chi connectivity index (χ0) is 18.8. The maximum atomic E-state index is 10.5. The van der Waals surface area contributed by atoms with Gasteiger partial charge in [0.2, 0.25) is 0 Å². The van der Waals surface area contributed by atoms with Crippen LogP contribution in [0.2, 0.25) is 0 Å². The second-order valence-electron chi connectivity index (χ2n) is 5.00. The molecule has 0 saturated heterocycles. The van der Waals surface area contributed by atoms with Crippen LogP contribution in [0, 0.1) is 0 Å². The molecule has 0 aliphatic carbocycles. The minimum Gasteiger partial charge on any atom is -0.480 e. The zero-order valence-corrected chi connectivity index (χ0v) is 13.1. The average Bonchev–Trinajstić information content (AvgIpc) is 2.98. The van der Waals surface area contributed by atoms with E-state index in [0.29, 0.717) is 5.71 Å². The van der Waals surface area contributed by atoms with Crippen LogP contribution in [-0.2, 0) is 16.0 Å². The van der Waals surface area contributed by atoms with Crippen molar-refractivity contribution < 1.29 is 29.8 Å². The molecule has 0 aromatic heterocycles. The lowest BCUT2D eigenvalue weighted by atomic mass is 10.1. The van der Waals surface area contributed by atoms with Crippen molar-refractivity contribution in [1.29, 1.82) is 0 Å². The molecule has 1 heterocycles. The molecule has 25 heavy (non-hydrogen) atoms. The largest absolute Gasteiger partial charge is 0.480 e. The predicted octanol–water partition coefficient (Wildman–Crippen LogP) is 0.0949. The predicted molar refractivity (Wildman–Crippen MR) is 88.0 cm³/mol. The summed E-state index contributed by atoms with van der Waals surface area (Å²) in [5.74, 6) is -2.18. The van der Waals surface area contributed by atoms with Gasteiger partial charge in [-0.15, -0.1) is 0 Å². The second kappa shape index (κ2) is 10.0. The van der Waals surface area contributed by atoms with Gasteiger partial charge in [0.25, 0.3) is 0 Å². The van der Waals surface area contributed by atoms with E-state index in [9.17, 15) is 14.4 Å². The fourth-order valence-corrected chi connectivity index (χ4v) is 1.76. The lowest BCUT2D eigenvalue weighted by Crippen LogP contribution is -2.36. The van der Waals surface area contributed by atoms with Gasteiger partial charge in [-0.1, -0.05) is 30.3 Å². The first kappa shape index (κ1) is 20.1. The number of urea groups is 1. The monoisotopic (exact) mass is 350 g/mol. The number of hydroxylamine groups is 1. The third kappa shape index (κ3) is 7.44. The number of rotatable bonds is 7. The smallest absolute Gasteiger partial charge is 0.367 e. The Kier molecular flexibility index (Phi) is 8.06. The minimum atomic E-state index is -1.12. The van der Waals surface area contributed by atoms with E-state index in [-0.39, 0.29) is 12.8 Å². The minimum absolute atomic E-state index is 0.0323. The van der Waals surface area contributed by atoms with Crippen LogP contribution in [0.5, 0.6) is 0 Å². The average molecular weight is 350 g/mol. The summed E-state index contributed by atoms with van der Waals surface area (Å²) in [6.07, 6.45) is 1.53. The standard InChI is InChI=1S/C9H11NO3.C6H7N3O3/c11-9(12)8(10-13)6-7-4-2-1-3-5-7;7-4(5(10)11)1-3-2-8-6(12)9-3/h1-5,8,10,13H,6H2,(H,11,12);2,4H,1,7H2,(H,10,11)/t8-;4-/m00/s1. The van der Waals surface area contributed by atoms with Crippen molar-refractivity contribution in [2.45, 2.75) is 24.9 Å².